The Bertz CT molecular complexity index is 961. The van der Waals surface area contributed by atoms with Gasteiger partial charge in [0.25, 0.3) is 11.6 Å². The molecular weight excluding hydrogens is 409 g/mol. The number of piperidine rings is 1. The number of carbonyl (C=O) groups excluding carboxylic acids is 2. The minimum Gasteiger partial charge on any atom is -0.356 e. The van der Waals surface area contributed by atoms with Crippen LogP contribution < -0.4 is 5.32 Å². The minimum atomic E-state index is -0.548. The number of halogens is 1. The number of nitrogens with one attached hydrogen (secondary N) is 1. The monoisotopic (exact) mass is 431 g/mol. The van der Waals surface area contributed by atoms with Crippen molar-refractivity contribution in [2.24, 2.45) is 5.92 Å². The third-order valence-corrected chi connectivity index (χ3v) is 6.13. The molecule has 2 aromatic carbocycles. The van der Waals surface area contributed by atoms with Gasteiger partial charge in [0, 0.05) is 48.5 Å². The predicted molar refractivity (Wildman–Crippen MR) is 111 cm³/mol. The number of rotatable bonds is 6. The van der Waals surface area contributed by atoms with Crippen LogP contribution in [0.5, 0.6) is 0 Å². The number of hydrogen-bond donors (Lipinski definition) is 1. The van der Waals surface area contributed by atoms with E-state index >= 15 is 0 Å². The van der Waals surface area contributed by atoms with E-state index in [0.29, 0.717) is 29.4 Å². The van der Waals surface area contributed by atoms with Gasteiger partial charge in [0.05, 0.1) is 10.5 Å². The lowest BCUT2D eigenvalue weighted by Gasteiger charge is -2.32. The topological polar surface area (TPSA) is 92.6 Å². The molecule has 0 saturated carbocycles. The predicted octanol–water partition coefficient (Wildman–Crippen LogP) is 3.87. The number of carbonyl (C=O) groups is 2. The molecule has 3 rings (SSSR count). The Labute approximate surface area is 177 Å². The summed E-state index contributed by atoms with van der Waals surface area (Å²) in [6.45, 7) is 3.03. The van der Waals surface area contributed by atoms with Crippen molar-refractivity contribution in [2.75, 3.05) is 19.6 Å². The fourth-order valence-electron chi connectivity index (χ4n) is 3.33. The van der Waals surface area contributed by atoms with Gasteiger partial charge in [-0.05, 0) is 37.0 Å². The van der Waals surface area contributed by atoms with Gasteiger partial charge in [0.2, 0.25) is 5.91 Å². The van der Waals surface area contributed by atoms with Crippen LogP contribution in [0.15, 0.2) is 52.3 Å². The Kier molecular flexibility index (Phi) is 7.04. The smallest absolute Gasteiger partial charge is 0.270 e. The zero-order valence-electron chi connectivity index (χ0n) is 16.5. The zero-order chi connectivity index (χ0) is 21.7. The molecule has 9 heteroatoms. The Hall–Kier alpha value is -2.94. The normalized spacial score (nSPS) is 14.4. The molecule has 7 nitrogen and oxygen atoms in total. The first-order valence-electron chi connectivity index (χ1n) is 9.59. The molecule has 1 heterocycles. The van der Waals surface area contributed by atoms with Crippen LogP contribution in [-0.4, -0.2) is 41.3 Å². The average Bonchev–Trinajstić information content (AvgIpc) is 2.74. The molecule has 2 aromatic rings. The van der Waals surface area contributed by atoms with Gasteiger partial charge in [-0.1, -0.05) is 23.9 Å². The van der Waals surface area contributed by atoms with Crippen molar-refractivity contribution in [2.45, 2.75) is 29.6 Å². The number of benzene rings is 2. The molecule has 1 saturated heterocycles. The molecule has 0 radical (unpaired) electrons. The zero-order valence-corrected chi connectivity index (χ0v) is 17.3. The summed E-state index contributed by atoms with van der Waals surface area (Å²) in [6.07, 6.45) is 1.47. The third kappa shape index (κ3) is 5.35. The SMILES string of the molecule is CC(=O)NCC1CCN(C(=O)c2cc([N+](=O)[O-])ccc2Sc2ccccc2F)CC1. The summed E-state index contributed by atoms with van der Waals surface area (Å²) in [7, 11) is 0. The van der Waals surface area contributed by atoms with E-state index in [9.17, 15) is 24.1 Å². The average molecular weight is 431 g/mol. The van der Waals surface area contributed by atoms with Crippen LogP contribution in [0.2, 0.25) is 0 Å². The van der Waals surface area contributed by atoms with Crippen LogP contribution in [0.25, 0.3) is 0 Å². The van der Waals surface area contributed by atoms with Gasteiger partial charge in [-0.15, -0.1) is 0 Å². The number of amides is 2. The van der Waals surface area contributed by atoms with Gasteiger partial charge < -0.3 is 10.2 Å². The summed E-state index contributed by atoms with van der Waals surface area (Å²) < 4.78 is 14.1. The molecule has 2 amide bonds. The van der Waals surface area contributed by atoms with Gasteiger partial charge >= 0.3 is 0 Å². The van der Waals surface area contributed by atoms with E-state index in [-0.39, 0.29) is 29.0 Å². The second-order valence-corrected chi connectivity index (χ2v) is 8.23. The van der Waals surface area contributed by atoms with Crippen molar-refractivity contribution in [1.29, 1.82) is 0 Å². The number of nitrogens with zero attached hydrogens (tertiary/aromatic N) is 2. The summed E-state index contributed by atoms with van der Waals surface area (Å²) >= 11 is 1.07. The highest BCUT2D eigenvalue weighted by Crippen LogP contribution is 2.35. The number of hydrogen-bond acceptors (Lipinski definition) is 5. The Morgan fingerprint density at radius 2 is 1.90 bits per heavy atom. The van der Waals surface area contributed by atoms with E-state index in [4.69, 9.17) is 0 Å². The molecule has 158 valence electrons. The number of non-ortho nitro benzene ring substituents is 1. The van der Waals surface area contributed by atoms with E-state index in [0.717, 1.165) is 24.6 Å². The number of nitro benzene ring substituents is 1. The van der Waals surface area contributed by atoms with Crippen molar-refractivity contribution >= 4 is 29.3 Å². The Morgan fingerprint density at radius 1 is 1.20 bits per heavy atom. The maximum atomic E-state index is 14.1. The van der Waals surface area contributed by atoms with Crippen molar-refractivity contribution in [3.63, 3.8) is 0 Å². The number of nitro groups is 1. The van der Waals surface area contributed by atoms with Crippen molar-refractivity contribution in [3.8, 4) is 0 Å². The molecule has 30 heavy (non-hydrogen) atoms. The van der Waals surface area contributed by atoms with Gasteiger partial charge in [-0.3, -0.25) is 19.7 Å². The molecule has 0 spiro atoms. The summed E-state index contributed by atoms with van der Waals surface area (Å²) in [6, 6.07) is 10.3. The molecular formula is C21H22FN3O4S. The fraction of sp³-hybridized carbons (Fsp3) is 0.333. The second-order valence-electron chi connectivity index (χ2n) is 7.14. The second kappa shape index (κ2) is 9.71. The van der Waals surface area contributed by atoms with Gasteiger partial charge in [0.1, 0.15) is 5.82 Å². The fourth-order valence-corrected chi connectivity index (χ4v) is 4.27. The van der Waals surface area contributed by atoms with Gasteiger partial charge in [-0.25, -0.2) is 4.39 Å². The van der Waals surface area contributed by atoms with Crippen LogP contribution >= 0.6 is 11.8 Å². The van der Waals surface area contributed by atoms with E-state index < -0.39 is 10.7 Å². The molecule has 0 aromatic heterocycles. The molecule has 1 aliphatic heterocycles. The standard InChI is InChI=1S/C21H22FN3O4S/c1-14(26)23-13-15-8-10-24(11-9-15)21(27)17-12-16(25(28)29)6-7-19(17)30-20-5-3-2-4-18(20)22/h2-7,12,15H,8-11,13H2,1H3,(H,23,26). The summed E-state index contributed by atoms with van der Waals surface area (Å²) in [5, 5.41) is 14.0. The van der Waals surface area contributed by atoms with E-state index in [2.05, 4.69) is 5.32 Å². The lowest BCUT2D eigenvalue weighted by atomic mass is 9.96. The van der Waals surface area contributed by atoms with Crippen molar-refractivity contribution in [3.05, 3.63) is 64.0 Å². The van der Waals surface area contributed by atoms with Crippen molar-refractivity contribution in [1.82, 2.24) is 10.2 Å². The van der Waals surface area contributed by atoms with E-state index in [1.165, 1.54) is 31.2 Å². The maximum absolute atomic E-state index is 14.1. The summed E-state index contributed by atoms with van der Waals surface area (Å²) in [4.78, 5) is 37.4. The Morgan fingerprint density at radius 3 is 2.53 bits per heavy atom. The van der Waals surface area contributed by atoms with Crippen LogP contribution in [0, 0.1) is 21.8 Å². The highest BCUT2D eigenvalue weighted by Gasteiger charge is 2.27. The first-order valence-corrected chi connectivity index (χ1v) is 10.4. The maximum Gasteiger partial charge on any atom is 0.270 e. The molecule has 1 N–H and O–H groups in total. The van der Waals surface area contributed by atoms with E-state index in [1.807, 2.05) is 0 Å². The molecule has 1 aliphatic rings. The summed E-state index contributed by atoms with van der Waals surface area (Å²) in [5.74, 6) is -0.524. The minimum absolute atomic E-state index is 0.0834. The van der Waals surface area contributed by atoms with Crippen LogP contribution in [0.1, 0.15) is 30.1 Å². The Balaban J connectivity index is 1.80. The molecule has 0 atom stereocenters. The van der Waals surface area contributed by atoms with Gasteiger partial charge in [-0.2, -0.15) is 0 Å². The molecule has 0 aliphatic carbocycles. The molecule has 0 bridgehead atoms. The number of likely N-dealkylation sites (tertiary alicyclic amines) is 1. The molecule has 0 unspecified atom stereocenters. The van der Waals surface area contributed by atoms with Crippen molar-refractivity contribution < 1.29 is 18.9 Å². The highest BCUT2D eigenvalue weighted by molar-refractivity contribution is 7.99. The highest BCUT2D eigenvalue weighted by atomic mass is 32.2. The first-order chi connectivity index (χ1) is 14.3. The van der Waals surface area contributed by atoms with Crippen LogP contribution in [-0.2, 0) is 4.79 Å². The quantitative estimate of drug-likeness (QED) is 0.554. The van der Waals surface area contributed by atoms with Crippen LogP contribution in [0.3, 0.4) is 0 Å². The molecule has 1 fully saturated rings. The first kappa shape index (κ1) is 21.8. The van der Waals surface area contributed by atoms with Gasteiger partial charge in [0.15, 0.2) is 0 Å². The third-order valence-electron chi connectivity index (χ3n) is 5.00. The lowest BCUT2D eigenvalue weighted by Crippen LogP contribution is -2.41. The summed E-state index contributed by atoms with van der Waals surface area (Å²) in [5.41, 5.74) is 0.00884. The van der Waals surface area contributed by atoms with Crippen LogP contribution in [0.4, 0.5) is 10.1 Å². The lowest BCUT2D eigenvalue weighted by molar-refractivity contribution is -0.384. The largest absolute Gasteiger partial charge is 0.356 e. The van der Waals surface area contributed by atoms with E-state index in [1.54, 1.807) is 23.1 Å².